The lowest BCUT2D eigenvalue weighted by molar-refractivity contribution is -0.137. The van der Waals surface area contributed by atoms with Gasteiger partial charge < -0.3 is 0 Å². The van der Waals surface area contributed by atoms with Crippen molar-refractivity contribution in [3.05, 3.63) is 35.4 Å². The van der Waals surface area contributed by atoms with E-state index in [1.807, 2.05) is 0 Å². The Morgan fingerprint density at radius 2 is 2.00 bits per heavy atom. The van der Waals surface area contributed by atoms with Crippen LogP contribution in [0.3, 0.4) is 0 Å². The van der Waals surface area contributed by atoms with Crippen LogP contribution in [0.5, 0.6) is 0 Å². The Hall–Kier alpha value is -1.76. The van der Waals surface area contributed by atoms with Gasteiger partial charge in [0, 0.05) is 23.4 Å². The molecule has 0 heterocycles. The third kappa shape index (κ3) is 4.73. The van der Waals surface area contributed by atoms with E-state index in [1.54, 1.807) is 13.8 Å². The fourth-order valence-corrected chi connectivity index (χ4v) is 1.45. The molecule has 4 nitrogen and oxygen atoms in total. The molecule has 2 N–H and O–H groups in total. The first kappa shape index (κ1) is 16.3. The van der Waals surface area contributed by atoms with Crippen LogP contribution in [-0.4, -0.2) is 17.9 Å². The van der Waals surface area contributed by atoms with Crippen molar-refractivity contribution >= 4 is 23.6 Å². The molecule has 0 aliphatic carbocycles. The number of carbonyl (C=O) groups excluding carboxylic acids is 1. The molecular weight excluding hydrogens is 295 g/mol. The third-order valence-electron chi connectivity index (χ3n) is 2.16. The first-order valence-corrected chi connectivity index (χ1v) is 6.05. The number of alkyl halides is 3. The molecule has 0 spiro atoms. The molecule has 1 aromatic carbocycles. The van der Waals surface area contributed by atoms with E-state index in [0.29, 0.717) is 0 Å². The number of nitrogens with one attached hydrogen (secondary N) is 2. The van der Waals surface area contributed by atoms with Crippen molar-refractivity contribution in [2.45, 2.75) is 26.1 Å². The van der Waals surface area contributed by atoms with Crippen LogP contribution < -0.4 is 10.2 Å². The molecule has 0 aliphatic rings. The number of hydrogen-bond donors (Lipinski definition) is 2. The minimum Gasteiger partial charge on any atom is -0.292 e. The lowest BCUT2D eigenvalue weighted by Gasteiger charge is -2.10. The first-order chi connectivity index (χ1) is 9.24. The minimum atomic E-state index is -4.50. The topological polar surface area (TPSA) is 53.5 Å². The summed E-state index contributed by atoms with van der Waals surface area (Å²) in [5.74, 6) is -0.757. The summed E-state index contributed by atoms with van der Waals surface area (Å²) in [5.41, 5.74) is -1.03. The Bertz CT molecular complexity index is 515. The van der Waals surface area contributed by atoms with Crippen molar-refractivity contribution in [1.29, 1.82) is 0 Å². The summed E-state index contributed by atoms with van der Waals surface area (Å²) < 4.78 is 37.6. The third-order valence-corrected chi connectivity index (χ3v) is 2.34. The molecule has 0 aliphatic heterocycles. The molecule has 1 aromatic rings. The van der Waals surface area contributed by atoms with Gasteiger partial charge in [0.1, 0.15) is 0 Å². The molecule has 1 amide bonds. The molecule has 20 heavy (non-hydrogen) atoms. The van der Waals surface area contributed by atoms with E-state index < -0.39 is 17.6 Å². The van der Waals surface area contributed by atoms with E-state index in [4.69, 9.17) is 11.8 Å². The molecule has 0 bridgehead atoms. The molecule has 0 fully saturated rings. The number of guanidine groups is 1. The van der Waals surface area contributed by atoms with Crippen LogP contribution in [0.25, 0.3) is 0 Å². The van der Waals surface area contributed by atoms with Crippen LogP contribution >= 0.6 is 11.8 Å². The van der Waals surface area contributed by atoms with E-state index in [-0.39, 0.29) is 17.6 Å². The second kappa shape index (κ2) is 6.60. The van der Waals surface area contributed by atoms with Crippen LogP contribution in [0.4, 0.5) is 13.2 Å². The van der Waals surface area contributed by atoms with Gasteiger partial charge in [-0.25, -0.2) is 4.99 Å². The molecule has 8 heteroatoms. The van der Waals surface area contributed by atoms with Gasteiger partial charge in [-0.2, -0.15) is 13.2 Å². The summed E-state index contributed by atoms with van der Waals surface area (Å²) in [4.78, 5) is 17.9. The van der Waals surface area contributed by atoms with Gasteiger partial charge in [0.25, 0.3) is 5.91 Å². The molecule has 0 saturated carbocycles. The monoisotopic (exact) mass is 307 g/mol. The highest BCUT2D eigenvalue weighted by Gasteiger charge is 2.30. The number of nitrogens with zero attached hydrogens (tertiary/aromatic N) is 1. The zero-order chi connectivity index (χ0) is 15.3. The second-order valence-electron chi connectivity index (χ2n) is 4.20. The van der Waals surface area contributed by atoms with E-state index in [9.17, 15) is 18.0 Å². The first-order valence-electron chi connectivity index (χ1n) is 5.67. The Morgan fingerprint density at radius 1 is 1.35 bits per heavy atom. The van der Waals surface area contributed by atoms with Crippen LogP contribution in [0.1, 0.15) is 29.8 Å². The number of amides is 1. The summed E-state index contributed by atoms with van der Waals surface area (Å²) in [7, 11) is 0. The fraction of sp³-hybridized carbons (Fsp3) is 0.333. The van der Waals surface area contributed by atoms with Crippen molar-refractivity contribution < 1.29 is 18.0 Å². The molecule has 0 atom stereocenters. The Morgan fingerprint density at radius 3 is 2.50 bits per heavy atom. The Labute approximate surface area is 119 Å². The largest absolute Gasteiger partial charge is 0.416 e. The maximum absolute atomic E-state index is 12.5. The van der Waals surface area contributed by atoms with Crippen molar-refractivity contribution in [3.63, 3.8) is 0 Å². The minimum absolute atomic E-state index is 0.0240. The highest BCUT2D eigenvalue weighted by molar-refractivity contribution is 6.24. The molecule has 0 aromatic heterocycles. The summed E-state index contributed by atoms with van der Waals surface area (Å²) in [5, 5.41) is 2.29. The van der Waals surface area contributed by atoms with Crippen molar-refractivity contribution in [1.82, 2.24) is 10.2 Å². The number of halogens is 4. The van der Waals surface area contributed by atoms with Crippen LogP contribution in [0, 0.1) is 0 Å². The average molecular weight is 308 g/mol. The number of benzene rings is 1. The van der Waals surface area contributed by atoms with Crippen LogP contribution in [-0.2, 0) is 6.18 Å². The standard InChI is InChI=1S/C12H13ClF3N3O/c1-7(2)17-11(19-13)18-10(20)8-4-3-5-9(6-8)12(14,15)16/h3-7H,1-2H3,(H2,17,18,19,20). The predicted molar refractivity (Wildman–Crippen MR) is 70.5 cm³/mol. The smallest absolute Gasteiger partial charge is 0.292 e. The predicted octanol–water partition coefficient (Wildman–Crippen LogP) is 2.94. The molecule has 0 radical (unpaired) electrons. The molecular formula is C12H13ClF3N3O. The maximum Gasteiger partial charge on any atom is 0.416 e. The number of hydrogen-bond acceptors (Lipinski definition) is 2. The lowest BCUT2D eigenvalue weighted by Crippen LogP contribution is -2.37. The van der Waals surface area contributed by atoms with Gasteiger partial charge in [-0.1, -0.05) is 6.07 Å². The average Bonchev–Trinajstić information content (AvgIpc) is 2.36. The van der Waals surface area contributed by atoms with Gasteiger partial charge in [-0.05, 0) is 32.0 Å². The summed E-state index contributed by atoms with van der Waals surface area (Å²) in [6.45, 7) is 3.51. The molecule has 0 saturated heterocycles. The number of aliphatic imine (C=N–C) groups is 1. The van der Waals surface area contributed by atoms with E-state index in [0.717, 1.165) is 18.2 Å². The molecule has 1 rings (SSSR count). The van der Waals surface area contributed by atoms with Crippen LogP contribution in [0.2, 0.25) is 0 Å². The summed E-state index contributed by atoms with van der Waals surface area (Å²) in [6, 6.07) is 3.94. The second-order valence-corrected chi connectivity index (χ2v) is 4.39. The Balaban J connectivity index is 2.93. The van der Waals surface area contributed by atoms with Crippen LogP contribution in [0.15, 0.2) is 29.3 Å². The van der Waals surface area contributed by atoms with E-state index in [1.165, 1.54) is 6.07 Å². The molecule has 110 valence electrons. The lowest BCUT2D eigenvalue weighted by atomic mass is 10.1. The summed E-state index contributed by atoms with van der Waals surface area (Å²) in [6.07, 6.45) is -4.50. The van der Waals surface area contributed by atoms with Gasteiger partial charge in [0.05, 0.1) is 5.56 Å². The van der Waals surface area contributed by atoms with E-state index >= 15 is 0 Å². The van der Waals surface area contributed by atoms with Gasteiger partial charge >= 0.3 is 6.18 Å². The number of carbonyl (C=O) groups is 1. The number of rotatable bonds is 2. The van der Waals surface area contributed by atoms with E-state index in [2.05, 4.69) is 15.1 Å². The molecule has 0 unspecified atom stereocenters. The Kier molecular flexibility index (Phi) is 5.38. The quantitative estimate of drug-likeness (QED) is 0.501. The maximum atomic E-state index is 12.5. The van der Waals surface area contributed by atoms with Crippen molar-refractivity contribution in [2.24, 2.45) is 4.99 Å². The SMILES string of the molecule is CC(C)N=C(NCl)NC(=O)c1cccc(C(F)(F)F)c1. The zero-order valence-electron chi connectivity index (χ0n) is 10.8. The zero-order valence-corrected chi connectivity index (χ0v) is 11.5. The highest BCUT2D eigenvalue weighted by Crippen LogP contribution is 2.29. The van der Waals surface area contributed by atoms with Crippen molar-refractivity contribution in [3.8, 4) is 0 Å². The summed E-state index contributed by atoms with van der Waals surface area (Å²) >= 11 is 5.37. The van der Waals surface area contributed by atoms with Gasteiger partial charge in [0.2, 0.25) is 5.96 Å². The van der Waals surface area contributed by atoms with Gasteiger partial charge in [0.15, 0.2) is 0 Å². The normalized spacial score (nSPS) is 12.4. The highest BCUT2D eigenvalue weighted by atomic mass is 35.5. The van der Waals surface area contributed by atoms with Gasteiger partial charge in [-0.15, -0.1) is 0 Å². The van der Waals surface area contributed by atoms with Crippen molar-refractivity contribution in [2.75, 3.05) is 0 Å². The van der Waals surface area contributed by atoms with Gasteiger partial charge in [-0.3, -0.25) is 14.9 Å². The fourth-order valence-electron chi connectivity index (χ4n) is 1.35.